The number of carbonyl (C=O) groups is 1. The molecule has 5 nitrogen and oxygen atoms in total. The molecule has 1 heterocycles. The molecule has 1 N–H and O–H groups in total. The molecule has 3 rings (SSSR count). The number of methoxy groups -OCH3 is 1. The summed E-state index contributed by atoms with van der Waals surface area (Å²) < 4.78 is 46.6. The Morgan fingerprint density at radius 3 is 2.52 bits per heavy atom. The van der Waals surface area contributed by atoms with E-state index in [4.69, 9.17) is 4.74 Å². The third-order valence-electron chi connectivity index (χ3n) is 4.13. The zero-order chi connectivity index (χ0) is 19.8. The molecule has 0 radical (unpaired) electrons. The van der Waals surface area contributed by atoms with Crippen LogP contribution in [-0.4, -0.2) is 40.7 Å². The molecule has 9 heteroatoms. The summed E-state index contributed by atoms with van der Waals surface area (Å²) in [5.41, 5.74) is -3.19. The van der Waals surface area contributed by atoms with E-state index < -0.39 is 24.2 Å². The van der Waals surface area contributed by atoms with Crippen LogP contribution < -0.4 is 4.74 Å². The fourth-order valence-electron chi connectivity index (χ4n) is 2.66. The largest absolute Gasteiger partial charge is 0.497 e. The lowest BCUT2D eigenvalue weighted by Crippen LogP contribution is -2.56. The van der Waals surface area contributed by atoms with E-state index in [1.165, 1.54) is 25.3 Å². The van der Waals surface area contributed by atoms with Crippen LogP contribution >= 0.6 is 15.9 Å². The van der Waals surface area contributed by atoms with Crippen molar-refractivity contribution < 1.29 is 27.8 Å². The van der Waals surface area contributed by atoms with Crippen LogP contribution in [-0.2, 0) is 0 Å². The number of hydrazone groups is 1. The van der Waals surface area contributed by atoms with E-state index in [9.17, 15) is 23.1 Å². The van der Waals surface area contributed by atoms with Crippen molar-refractivity contribution in [1.82, 2.24) is 5.01 Å². The van der Waals surface area contributed by atoms with Gasteiger partial charge in [-0.2, -0.15) is 23.3 Å². The van der Waals surface area contributed by atoms with Crippen molar-refractivity contribution in [2.45, 2.75) is 18.3 Å². The van der Waals surface area contributed by atoms with E-state index >= 15 is 0 Å². The highest BCUT2D eigenvalue weighted by molar-refractivity contribution is 9.10. The average Bonchev–Trinajstić information content (AvgIpc) is 3.00. The van der Waals surface area contributed by atoms with Crippen LogP contribution in [0.4, 0.5) is 13.2 Å². The number of hydrogen-bond donors (Lipinski definition) is 1. The SMILES string of the molecule is COc1cccc(C(=O)N2N=C(c3ccc(Br)cc3)CC2(O)C(F)(F)F)c1. The van der Waals surface area contributed by atoms with Crippen LogP contribution in [0.2, 0.25) is 0 Å². The number of alkyl halides is 3. The van der Waals surface area contributed by atoms with E-state index in [2.05, 4.69) is 21.0 Å². The zero-order valence-corrected chi connectivity index (χ0v) is 15.6. The summed E-state index contributed by atoms with van der Waals surface area (Å²) in [6.07, 6.45) is -5.96. The molecule has 0 aromatic heterocycles. The van der Waals surface area contributed by atoms with Gasteiger partial charge in [0.15, 0.2) is 0 Å². The van der Waals surface area contributed by atoms with Crippen LogP contribution in [0.1, 0.15) is 22.3 Å². The van der Waals surface area contributed by atoms with Crippen molar-refractivity contribution in [3.8, 4) is 5.75 Å². The van der Waals surface area contributed by atoms with Gasteiger partial charge in [0, 0.05) is 10.0 Å². The van der Waals surface area contributed by atoms with Gasteiger partial charge in [-0.15, -0.1) is 0 Å². The molecule has 0 bridgehead atoms. The monoisotopic (exact) mass is 442 g/mol. The lowest BCUT2D eigenvalue weighted by atomic mass is 10.0. The molecule has 1 aliphatic rings. The number of benzene rings is 2. The van der Waals surface area contributed by atoms with Crippen LogP contribution in [0.25, 0.3) is 0 Å². The first kappa shape index (κ1) is 19.4. The molecule has 142 valence electrons. The Morgan fingerprint density at radius 2 is 1.93 bits per heavy atom. The van der Waals surface area contributed by atoms with Crippen LogP contribution in [0.3, 0.4) is 0 Å². The Bertz CT molecular complexity index is 899. The van der Waals surface area contributed by atoms with Crippen molar-refractivity contribution in [3.05, 3.63) is 64.1 Å². The molecule has 0 saturated heterocycles. The first-order valence-electron chi connectivity index (χ1n) is 7.77. The predicted molar refractivity (Wildman–Crippen MR) is 95.5 cm³/mol. The number of ether oxygens (including phenoxy) is 1. The van der Waals surface area contributed by atoms with Crippen molar-refractivity contribution >= 4 is 27.5 Å². The van der Waals surface area contributed by atoms with Crippen LogP contribution in [0, 0.1) is 0 Å². The molecular formula is C18H14BrF3N2O3. The summed E-state index contributed by atoms with van der Waals surface area (Å²) in [4.78, 5) is 12.7. The summed E-state index contributed by atoms with van der Waals surface area (Å²) in [7, 11) is 1.37. The fraction of sp³-hybridized carbons (Fsp3) is 0.222. The number of amides is 1. The van der Waals surface area contributed by atoms with Crippen LogP contribution in [0.5, 0.6) is 5.75 Å². The predicted octanol–water partition coefficient (Wildman–Crippen LogP) is 3.96. The fourth-order valence-corrected chi connectivity index (χ4v) is 2.93. The molecule has 0 aliphatic carbocycles. The lowest BCUT2D eigenvalue weighted by molar-refractivity contribution is -0.297. The zero-order valence-electron chi connectivity index (χ0n) is 14.0. The second kappa shape index (κ2) is 6.97. The first-order valence-corrected chi connectivity index (χ1v) is 8.56. The number of aliphatic hydroxyl groups is 1. The molecule has 1 amide bonds. The van der Waals surface area contributed by atoms with Crippen molar-refractivity contribution in [2.75, 3.05) is 7.11 Å². The molecule has 1 unspecified atom stereocenters. The Labute approximate surface area is 161 Å². The van der Waals surface area contributed by atoms with Gasteiger partial charge in [0.25, 0.3) is 11.6 Å². The first-order chi connectivity index (χ1) is 12.7. The number of nitrogens with zero attached hydrogens (tertiary/aromatic N) is 2. The maximum Gasteiger partial charge on any atom is 0.438 e. The molecule has 0 saturated carbocycles. The topological polar surface area (TPSA) is 62.1 Å². The van der Waals surface area contributed by atoms with Gasteiger partial charge in [-0.3, -0.25) is 4.79 Å². The van der Waals surface area contributed by atoms with Crippen molar-refractivity contribution in [1.29, 1.82) is 0 Å². The normalized spacial score (nSPS) is 19.8. The molecule has 1 aliphatic heterocycles. The summed E-state index contributed by atoms with van der Waals surface area (Å²) in [6.45, 7) is 0. The lowest BCUT2D eigenvalue weighted by Gasteiger charge is -2.32. The van der Waals surface area contributed by atoms with Gasteiger partial charge in [0.05, 0.1) is 19.2 Å². The third-order valence-corrected chi connectivity index (χ3v) is 4.65. The summed E-state index contributed by atoms with van der Waals surface area (Å²) in [5, 5.41) is 14.3. The van der Waals surface area contributed by atoms with Gasteiger partial charge >= 0.3 is 6.18 Å². The highest BCUT2D eigenvalue weighted by Gasteiger charge is 2.63. The van der Waals surface area contributed by atoms with Gasteiger partial charge < -0.3 is 9.84 Å². The highest BCUT2D eigenvalue weighted by atomic mass is 79.9. The van der Waals surface area contributed by atoms with Gasteiger partial charge in [0.1, 0.15) is 5.75 Å². The molecule has 2 aromatic carbocycles. The standard InChI is InChI=1S/C18H14BrF3N2O3/c1-27-14-4-2-3-12(9-14)16(25)24-17(26,18(20,21)22)10-15(23-24)11-5-7-13(19)8-6-11/h2-9,26H,10H2,1H3. The molecule has 1 atom stereocenters. The quantitative estimate of drug-likeness (QED) is 0.782. The Hall–Kier alpha value is -2.39. The molecule has 0 spiro atoms. The average molecular weight is 443 g/mol. The molecule has 0 fully saturated rings. The van der Waals surface area contributed by atoms with E-state index in [1.54, 1.807) is 30.3 Å². The number of rotatable bonds is 3. The van der Waals surface area contributed by atoms with Gasteiger partial charge in [-0.1, -0.05) is 34.1 Å². The number of carbonyl (C=O) groups excluding carboxylic acids is 1. The minimum absolute atomic E-state index is 0.0430. The molecule has 2 aromatic rings. The highest BCUT2D eigenvalue weighted by Crippen LogP contribution is 2.42. The Morgan fingerprint density at radius 1 is 1.26 bits per heavy atom. The summed E-state index contributed by atoms with van der Waals surface area (Å²) >= 11 is 3.24. The van der Waals surface area contributed by atoms with Gasteiger partial charge in [-0.05, 0) is 35.9 Å². The minimum Gasteiger partial charge on any atom is -0.497 e. The summed E-state index contributed by atoms with van der Waals surface area (Å²) in [6, 6.07) is 12.0. The Kier molecular flexibility index (Phi) is 5.00. The van der Waals surface area contributed by atoms with E-state index in [-0.39, 0.29) is 16.3 Å². The van der Waals surface area contributed by atoms with Crippen LogP contribution in [0.15, 0.2) is 58.1 Å². The van der Waals surface area contributed by atoms with Crippen molar-refractivity contribution in [3.63, 3.8) is 0 Å². The second-order valence-electron chi connectivity index (χ2n) is 5.89. The second-order valence-corrected chi connectivity index (χ2v) is 6.81. The Balaban J connectivity index is 2.04. The summed E-state index contributed by atoms with van der Waals surface area (Å²) in [5.74, 6) is -0.784. The number of hydrogen-bond acceptors (Lipinski definition) is 4. The minimum atomic E-state index is -5.10. The third kappa shape index (κ3) is 3.57. The van der Waals surface area contributed by atoms with E-state index in [1.807, 2.05) is 0 Å². The molecule has 27 heavy (non-hydrogen) atoms. The number of halogens is 4. The molecular weight excluding hydrogens is 429 g/mol. The van der Waals surface area contributed by atoms with E-state index in [0.29, 0.717) is 11.3 Å². The maximum atomic E-state index is 13.6. The van der Waals surface area contributed by atoms with Crippen molar-refractivity contribution in [2.24, 2.45) is 5.10 Å². The van der Waals surface area contributed by atoms with E-state index in [0.717, 1.165) is 4.47 Å². The smallest absolute Gasteiger partial charge is 0.438 e. The van der Waals surface area contributed by atoms with Gasteiger partial charge in [0.2, 0.25) is 0 Å². The van der Waals surface area contributed by atoms with Gasteiger partial charge in [-0.25, -0.2) is 0 Å². The maximum absolute atomic E-state index is 13.6.